The summed E-state index contributed by atoms with van der Waals surface area (Å²) in [4.78, 5) is 22.8. The summed E-state index contributed by atoms with van der Waals surface area (Å²) < 4.78 is 10.5. The fourth-order valence-corrected chi connectivity index (χ4v) is 1.93. The van der Waals surface area contributed by atoms with E-state index in [0.717, 1.165) is 5.56 Å². The van der Waals surface area contributed by atoms with E-state index in [9.17, 15) is 9.59 Å². The van der Waals surface area contributed by atoms with Crippen LogP contribution in [-0.4, -0.2) is 30.6 Å². The summed E-state index contributed by atoms with van der Waals surface area (Å²) in [5, 5.41) is 5.76. The van der Waals surface area contributed by atoms with Gasteiger partial charge in [0.2, 0.25) is 0 Å². The molecular weight excluding hydrogens is 272 g/mol. The Morgan fingerprint density at radius 3 is 2.90 bits per heavy atom. The van der Waals surface area contributed by atoms with Crippen molar-refractivity contribution in [3.8, 4) is 5.75 Å². The Labute approximate surface area is 123 Å². The maximum Gasteiger partial charge on any atom is 0.320 e. The molecule has 1 heterocycles. The first kappa shape index (κ1) is 15.3. The van der Waals surface area contributed by atoms with E-state index >= 15 is 0 Å². The average Bonchev–Trinajstić information content (AvgIpc) is 2.36. The molecule has 0 radical (unpaired) electrons. The van der Waals surface area contributed by atoms with E-state index in [1.54, 1.807) is 6.07 Å². The number of hydrogen-bond donors (Lipinski definition) is 2. The lowest BCUT2D eigenvalue weighted by atomic mass is 10.1. The number of hydrogen-bond acceptors (Lipinski definition) is 5. The van der Waals surface area contributed by atoms with Gasteiger partial charge < -0.3 is 20.1 Å². The highest BCUT2D eigenvalue weighted by atomic mass is 16.6. The van der Waals surface area contributed by atoms with E-state index in [1.165, 1.54) is 0 Å². The Bertz CT molecular complexity index is 549. The summed E-state index contributed by atoms with van der Waals surface area (Å²) in [5.74, 6) is 0.198. The molecule has 0 atom stereocenters. The molecule has 2 rings (SSSR count). The van der Waals surface area contributed by atoms with Crippen LogP contribution in [0.5, 0.6) is 5.75 Å². The monoisotopic (exact) mass is 292 g/mol. The standard InChI is InChI=1S/C15H20N2O4/c1-15(2,3)21-14(19)8-16-7-10-4-5-12-11(6-10)17-13(18)9-20-12/h4-6,16H,7-9H2,1-3H3,(H,17,18). The molecule has 0 aromatic heterocycles. The number of carbonyl (C=O) groups is 2. The van der Waals surface area contributed by atoms with Gasteiger partial charge in [-0.2, -0.15) is 0 Å². The van der Waals surface area contributed by atoms with Gasteiger partial charge in [-0.1, -0.05) is 6.07 Å². The molecule has 1 aromatic rings. The summed E-state index contributed by atoms with van der Waals surface area (Å²) in [6.07, 6.45) is 0. The number of rotatable bonds is 4. The molecule has 1 aliphatic heterocycles. The predicted octanol–water partition coefficient (Wildman–Crippen LogP) is 1.45. The Morgan fingerprint density at radius 2 is 2.19 bits per heavy atom. The minimum absolute atomic E-state index is 0.0449. The zero-order valence-electron chi connectivity index (χ0n) is 12.5. The van der Waals surface area contributed by atoms with Crippen LogP contribution in [0.25, 0.3) is 0 Å². The van der Waals surface area contributed by atoms with Crippen LogP contribution in [-0.2, 0) is 20.9 Å². The summed E-state index contributed by atoms with van der Waals surface area (Å²) >= 11 is 0. The van der Waals surface area contributed by atoms with Crippen molar-refractivity contribution in [1.29, 1.82) is 0 Å². The third kappa shape index (κ3) is 4.75. The molecule has 114 valence electrons. The molecule has 0 bridgehead atoms. The molecule has 1 amide bonds. The zero-order valence-corrected chi connectivity index (χ0v) is 12.5. The van der Waals surface area contributed by atoms with Gasteiger partial charge in [0.25, 0.3) is 5.91 Å². The largest absolute Gasteiger partial charge is 0.482 e. The molecule has 0 saturated heterocycles. The second-order valence-electron chi connectivity index (χ2n) is 5.86. The van der Waals surface area contributed by atoms with E-state index in [-0.39, 0.29) is 25.0 Å². The van der Waals surface area contributed by atoms with Gasteiger partial charge in [-0.15, -0.1) is 0 Å². The first-order valence-electron chi connectivity index (χ1n) is 6.82. The molecule has 2 N–H and O–H groups in total. The Balaban J connectivity index is 1.85. The summed E-state index contributed by atoms with van der Waals surface area (Å²) in [6, 6.07) is 5.52. The van der Waals surface area contributed by atoms with Crippen LogP contribution >= 0.6 is 0 Å². The van der Waals surface area contributed by atoms with E-state index < -0.39 is 5.60 Å². The van der Waals surface area contributed by atoms with Crippen molar-refractivity contribution in [3.05, 3.63) is 23.8 Å². The van der Waals surface area contributed by atoms with E-state index in [1.807, 2.05) is 32.9 Å². The average molecular weight is 292 g/mol. The summed E-state index contributed by atoms with van der Waals surface area (Å²) in [6.45, 7) is 6.17. The Morgan fingerprint density at radius 1 is 1.43 bits per heavy atom. The van der Waals surface area contributed by atoms with Crippen LogP contribution in [0.2, 0.25) is 0 Å². The second-order valence-corrected chi connectivity index (χ2v) is 5.86. The zero-order chi connectivity index (χ0) is 15.5. The number of anilines is 1. The molecule has 0 unspecified atom stereocenters. The van der Waals surface area contributed by atoms with Crippen molar-refractivity contribution in [3.63, 3.8) is 0 Å². The topological polar surface area (TPSA) is 76.7 Å². The van der Waals surface area contributed by atoms with Gasteiger partial charge in [0.1, 0.15) is 11.4 Å². The third-order valence-corrected chi connectivity index (χ3v) is 2.70. The number of esters is 1. The normalized spacial score (nSPS) is 14.0. The molecule has 1 aromatic carbocycles. The lowest BCUT2D eigenvalue weighted by Crippen LogP contribution is -2.31. The molecule has 0 aliphatic carbocycles. The van der Waals surface area contributed by atoms with Crippen molar-refractivity contribution in [2.45, 2.75) is 32.9 Å². The SMILES string of the molecule is CC(C)(C)OC(=O)CNCc1ccc2c(c1)NC(=O)CO2. The molecule has 0 spiro atoms. The first-order valence-corrected chi connectivity index (χ1v) is 6.82. The van der Waals surface area contributed by atoms with Crippen molar-refractivity contribution in [1.82, 2.24) is 5.32 Å². The highest BCUT2D eigenvalue weighted by Gasteiger charge is 2.17. The van der Waals surface area contributed by atoms with E-state index in [4.69, 9.17) is 9.47 Å². The minimum Gasteiger partial charge on any atom is -0.482 e. The van der Waals surface area contributed by atoms with Gasteiger partial charge in [-0.25, -0.2) is 0 Å². The fourth-order valence-electron chi connectivity index (χ4n) is 1.93. The number of nitrogens with one attached hydrogen (secondary N) is 2. The van der Waals surface area contributed by atoms with Crippen LogP contribution in [0.15, 0.2) is 18.2 Å². The number of ether oxygens (including phenoxy) is 2. The summed E-state index contributed by atoms with van der Waals surface area (Å²) in [5.41, 5.74) is 1.12. The second kappa shape index (κ2) is 6.13. The van der Waals surface area contributed by atoms with Crippen molar-refractivity contribution in [2.24, 2.45) is 0 Å². The number of fused-ring (bicyclic) bond motifs is 1. The fraction of sp³-hybridized carbons (Fsp3) is 0.467. The number of benzene rings is 1. The highest BCUT2D eigenvalue weighted by Crippen LogP contribution is 2.28. The van der Waals surface area contributed by atoms with Crippen molar-refractivity contribution >= 4 is 17.6 Å². The van der Waals surface area contributed by atoms with Gasteiger partial charge in [-0.3, -0.25) is 9.59 Å². The van der Waals surface area contributed by atoms with Gasteiger partial charge >= 0.3 is 5.97 Å². The molecule has 21 heavy (non-hydrogen) atoms. The molecule has 0 fully saturated rings. The van der Waals surface area contributed by atoms with Crippen LogP contribution in [0.4, 0.5) is 5.69 Å². The van der Waals surface area contributed by atoms with Crippen LogP contribution in [0.1, 0.15) is 26.3 Å². The van der Waals surface area contributed by atoms with Crippen LogP contribution in [0, 0.1) is 0 Å². The Hall–Kier alpha value is -2.08. The molecule has 1 aliphatic rings. The van der Waals surface area contributed by atoms with Crippen LogP contribution in [0.3, 0.4) is 0 Å². The van der Waals surface area contributed by atoms with Gasteiger partial charge in [0.15, 0.2) is 6.61 Å². The highest BCUT2D eigenvalue weighted by molar-refractivity contribution is 5.95. The third-order valence-electron chi connectivity index (χ3n) is 2.70. The lowest BCUT2D eigenvalue weighted by molar-refractivity contribution is -0.153. The molecule has 0 saturated carbocycles. The van der Waals surface area contributed by atoms with Crippen molar-refractivity contribution < 1.29 is 19.1 Å². The molecule has 6 heteroatoms. The quantitative estimate of drug-likeness (QED) is 0.821. The van der Waals surface area contributed by atoms with Crippen LogP contribution < -0.4 is 15.4 Å². The maximum absolute atomic E-state index is 11.6. The first-order chi connectivity index (χ1) is 9.83. The summed E-state index contributed by atoms with van der Waals surface area (Å²) in [7, 11) is 0. The van der Waals surface area contributed by atoms with E-state index in [2.05, 4.69) is 10.6 Å². The maximum atomic E-state index is 11.6. The predicted molar refractivity (Wildman–Crippen MR) is 78.1 cm³/mol. The number of amides is 1. The van der Waals surface area contributed by atoms with Gasteiger partial charge in [0.05, 0.1) is 12.2 Å². The smallest absolute Gasteiger partial charge is 0.320 e. The number of carbonyl (C=O) groups excluding carboxylic acids is 2. The molecular formula is C15H20N2O4. The van der Waals surface area contributed by atoms with Crippen molar-refractivity contribution in [2.75, 3.05) is 18.5 Å². The lowest BCUT2D eigenvalue weighted by Gasteiger charge is -2.20. The van der Waals surface area contributed by atoms with Gasteiger partial charge in [-0.05, 0) is 38.5 Å². The van der Waals surface area contributed by atoms with Gasteiger partial charge in [0, 0.05) is 6.54 Å². The Kier molecular flexibility index (Phi) is 4.47. The van der Waals surface area contributed by atoms with E-state index in [0.29, 0.717) is 18.0 Å². The minimum atomic E-state index is -0.480. The molecule has 6 nitrogen and oxygen atoms in total.